The summed E-state index contributed by atoms with van der Waals surface area (Å²) in [6, 6.07) is 10.8. The first-order chi connectivity index (χ1) is 16.1. The molecule has 1 unspecified atom stereocenters. The Morgan fingerprint density at radius 1 is 1.12 bits per heavy atom. The number of carbonyl (C=O) groups is 1. The molecule has 1 aliphatic carbocycles. The van der Waals surface area contributed by atoms with E-state index in [0.717, 1.165) is 65.3 Å². The lowest BCUT2D eigenvalue weighted by Gasteiger charge is -2.36. The van der Waals surface area contributed by atoms with Crippen LogP contribution in [0.25, 0.3) is 11.1 Å². The largest absolute Gasteiger partial charge is 0.456 e. The number of rotatable bonds is 5. The van der Waals surface area contributed by atoms with E-state index in [9.17, 15) is 9.18 Å². The van der Waals surface area contributed by atoms with Gasteiger partial charge < -0.3 is 9.64 Å². The van der Waals surface area contributed by atoms with Gasteiger partial charge in [-0.1, -0.05) is 0 Å². The molecule has 7 heteroatoms. The molecule has 1 amide bonds. The number of fused-ring (bicyclic) bond motifs is 1. The molecule has 0 radical (unpaired) electrons. The first-order valence-electron chi connectivity index (χ1n) is 11.6. The Kier molecular flexibility index (Phi) is 5.17. The molecular weight excluding hydrogens is 437 g/mol. The lowest BCUT2D eigenvalue weighted by atomic mass is 9.92. The van der Waals surface area contributed by atoms with Crippen LogP contribution in [-0.4, -0.2) is 33.2 Å². The fourth-order valence-corrected chi connectivity index (χ4v) is 5.44. The average Bonchev–Trinajstić information content (AvgIpc) is 3.53. The highest BCUT2D eigenvalue weighted by molar-refractivity contribution is 8.00. The summed E-state index contributed by atoms with van der Waals surface area (Å²) in [5.41, 5.74) is 3.92. The van der Waals surface area contributed by atoms with E-state index < -0.39 is 0 Å². The highest BCUT2D eigenvalue weighted by atomic mass is 32.2. The van der Waals surface area contributed by atoms with Crippen LogP contribution in [0, 0.1) is 11.7 Å². The molecule has 2 fully saturated rings. The monoisotopic (exact) mass is 463 g/mol. The summed E-state index contributed by atoms with van der Waals surface area (Å²) >= 11 is 1.93. The van der Waals surface area contributed by atoms with Gasteiger partial charge in [-0.2, -0.15) is 16.9 Å². The van der Waals surface area contributed by atoms with Crippen molar-refractivity contribution in [2.75, 3.05) is 16.4 Å². The van der Waals surface area contributed by atoms with Crippen LogP contribution in [0.2, 0.25) is 0 Å². The summed E-state index contributed by atoms with van der Waals surface area (Å²) in [7, 11) is 0. The maximum Gasteiger partial charge on any atom is 0.230 e. The molecule has 6 rings (SSSR count). The first kappa shape index (κ1) is 20.8. The van der Waals surface area contributed by atoms with Crippen molar-refractivity contribution in [1.29, 1.82) is 0 Å². The van der Waals surface area contributed by atoms with Crippen molar-refractivity contribution in [3.05, 3.63) is 60.2 Å². The highest BCUT2D eigenvalue weighted by Gasteiger charge is 2.39. The van der Waals surface area contributed by atoms with E-state index in [1.165, 1.54) is 12.1 Å². The van der Waals surface area contributed by atoms with E-state index in [1.54, 1.807) is 12.1 Å². The van der Waals surface area contributed by atoms with Crippen LogP contribution in [-0.2, 0) is 11.2 Å². The molecule has 0 bridgehead atoms. The second-order valence-corrected chi connectivity index (χ2v) is 10.3. The van der Waals surface area contributed by atoms with Crippen molar-refractivity contribution < 1.29 is 13.9 Å². The summed E-state index contributed by atoms with van der Waals surface area (Å²) in [5, 5.41) is 4.61. The fraction of sp³-hybridized carbons (Fsp3) is 0.385. The third kappa shape index (κ3) is 3.82. The van der Waals surface area contributed by atoms with E-state index in [1.807, 2.05) is 33.6 Å². The molecule has 1 saturated carbocycles. The minimum atomic E-state index is -0.299. The van der Waals surface area contributed by atoms with Crippen LogP contribution in [0.3, 0.4) is 0 Å². The number of ether oxygens (including phenoxy) is 1. The van der Waals surface area contributed by atoms with Crippen molar-refractivity contribution in [3.63, 3.8) is 0 Å². The van der Waals surface area contributed by atoms with Crippen molar-refractivity contribution in [2.45, 2.75) is 44.7 Å². The molecule has 2 aliphatic heterocycles. The minimum Gasteiger partial charge on any atom is -0.456 e. The molecule has 1 aromatic heterocycles. The number of hydrogen-bond donors (Lipinski definition) is 0. The Labute approximate surface area is 196 Å². The maximum atomic E-state index is 13.5. The SMILES string of the molecule is CC1CCc2c(ccc(-c3cnn(C4CSC4)c3)c2Oc2ccc(F)cc2)N1C(=O)C1CC1. The molecular formula is C26H26FN3O2S. The molecule has 5 nitrogen and oxygen atoms in total. The Morgan fingerprint density at radius 2 is 1.91 bits per heavy atom. The van der Waals surface area contributed by atoms with Gasteiger partial charge in [0, 0.05) is 46.4 Å². The van der Waals surface area contributed by atoms with Gasteiger partial charge in [-0.15, -0.1) is 0 Å². The van der Waals surface area contributed by atoms with E-state index >= 15 is 0 Å². The zero-order chi connectivity index (χ0) is 22.5. The van der Waals surface area contributed by atoms with E-state index in [0.29, 0.717) is 11.8 Å². The number of anilines is 1. The lowest BCUT2D eigenvalue weighted by molar-refractivity contribution is -0.120. The molecule has 0 spiro atoms. The molecule has 3 aliphatic rings. The number of thioether (sulfide) groups is 1. The molecule has 2 aromatic carbocycles. The fourth-order valence-electron chi connectivity index (χ4n) is 4.68. The minimum absolute atomic E-state index is 0.151. The first-order valence-corrected chi connectivity index (χ1v) is 12.8. The second kappa shape index (κ2) is 8.20. The summed E-state index contributed by atoms with van der Waals surface area (Å²) in [4.78, 5) is 15.1. The van der Waals surface area contributed by atoms with Crippen LogP contribution in [0.15, 0.2) is 48.8 Å². The summed E-state index contributed by atoms with van der Waals surface area (Å²) in [5.74, 6) is 3.56. The lowest BCUT2D eigenvalue weighted by Crippen LogP contribution is -2.43. The number of nitrogens with zero attached hydrogens (tertiary/aromatic N) is 3. The van der Waals surface area contributed by atoms with Crippen LogP contribution >= 0.6 is 11.8 Å². The average molecular weight is 464 g/mol. The summed E-state index contributed by atoms with van der Waals surface area (Å²) < 4.78 is 22.0. The molecule has 0 N–H and O–H groups in total. The molecule has 170 valence electrons. The van der Waals surface area contributed by atoms with Crippen molar-refractivity contribution >= 4 is 23.4 Å². The highest BCUT2D eigenvalue weighted by Crippen LogP contribution is 2.46. The van der Waals surface area contributed by atoms with Crippen molar-refractivity contribution in [1.82, 2.24) is 9.78 Å². The van der Waals surface area contributed by atoms with Crippen LogP contribution in [0.5, 0.6) is 11.5 Å². The second-order valence-electron chi connectivity index (χ2n) is 9.27. The molecule has 3 aromatic rings. The van der Waals surface area contributed by atoms with Crippen LogP contribution in [0.1, 0.15) is 37.8 Å². The van der Waals surface area contributed by atoms with Gasteiger partial charge in [0.25, 0.3) is 0 Å². The number of aromatic nitrogens is 2. The van der Waals surface area contributed by atoms with E-state index in [-0.39, 0.29) is 23.7 Å². The molecule has 3 heterocycles. The van der Waals surface area contributed by atoms with Crippen LogP contribution < -0.4 is 9.64 Å². The predicted molar refractivity (Wildman–Crippen MR) is 128 cm³/mol. The smallest absolute Gasteiger partial charge is 0.230 e. The van der Waals surface area contributed by atoms with Gasteiger partial charge in [-0.25, -0.2) is 4.39 Å². The summed E-state index contributed by atoms with van der Waals surface area (Å²) in [6.07, 6.45) is 7.64. The van der Waals surface area contributed by atoms with Gasteiger partial charge in [-0.3, -0.25) is 9.48 Å². The summed E-state index contributed by atoms with van der Waals surface area (Å²) in [6.45, 7) is 2.12. The number of amides is 1. The normalized spacial score (nSPS) is 20.3. The third-order valence-electron chi connectivity index (χ3n) is 6.85. The Hall–Kier alpha value is -2.80. The number of carbonyl (C=O) groups excluding carboxylic acids is 1. The molecule has 1 atom stereocenters. The molecule has 33 heavy (non-hydrogen) atoms. The Bertz CT molecular complexity index is 1200. The van der Waals surface area contributed by atoms with Gasteiger partial charge in [0.05, 0.1) is 17.9 Å². The van der Waals surface area contributed by atoms with Gasteiger partial charge >= 0.3 is 0 Å². The zero-order valence-corrected chi connectivity index (χ0v) is 19.4. The van der Waals surface area contributed by atoms with E-state index in [2.05, 4.69) is 24.3 Å². The number of halogens is 1. The van der Waals surface area contributed by atoms with Crippen LogP contribution in [0.4, 0.5) is 10.1 Å². The van der Waals surface area contributed by atoms with Crippen molar-refractivity contribution in [2.24, 2.45) is 5.92 Å². The molecule has 1 saturated heterocycles. The van der Waals surface area contributed by atoms with Gasteiger partial charge in [0.15, 0.2) is 0 Å². The third-order valence-corrected chi connectivity index (χ3v) is 8.09. The topological polar surface area (TPSA) is 47.4 Å². The predicted octanol–water partition coefficient (Wildman–Crippen LogP) is 5.85. The zero-order valence-electron chi connectivity index (χ0n) is 18.5. The van der Waals surface area contributed by atoms with Crippen molar-refractivity contribution in [3.8, 4) is 22.6 Å². The quantitative estimate of drug-likeness (QED) is 0.476. The van der Waals surface area contributed by atoms with Gasteiger partial charge in [0.2, 0.25) is 5.91 Å². The Morgan fingerprint density at radius 3 is 2.61 bits per heavy atom. The van der Waals surface area contributed by atoms with E-state index in [4.69, 9.17) is 4.74 Å². The van der Waals surface area contributed by atoms with Gasteiger partial charge in [0.1, 0.15) is 17.3 Å². The maximum absolute atomic E-state index is 13.5. The van der Waals surface area contributed by atoms with Gasteiger partial charge in [-0.05, 0) is 69.0 Å². The number of benzene rings is 2. The standard InChI is InChI=1S/C26H26FN3O2S/c1-16-2-9-23-24(30(16)26(31)17-3-4-17)11-10-22(18-12-28-29(13-18)20-14-33-15-20)25(23)32-21-7-5-19(27)6-8-21/h5-8,10-13,16-17,20H,2-4,9,14-15H2,1H3. The Balaban J connectivity index is 1.45. The number of hydrogen-bond acceptors (Lipinski definition) is 4.